The van der Waals surface area contributed by atoms with Crippen molar-refractivity contribution in [1.29, 1.82) is 0 Å². The van der Waals surface area contributed by atoms with Crippen LogP contribution in [0.25, 0.3) is 0 Å². The normalized spacial score (nSPS) is 11.9. The van der Waals surface area contributed by atoms with Gasteiger partial charge in [0.2, 0.25) is 5.91 Å². The van der Waals surface area contributed by atoms with Crippen LogP contribution >= 0.6 is 0 Å². The molecule has 0 saturated heterocycles. The molecule has 3 N–H and O–H groups in total. The zero-order valence-corrected chi connectivity index (χ0v) is 10.4. The van der Waals surface area contributed by atoms with Crippen LogP contribution in [0, 0.1) is 5.92 Å². The molecule has 0 aliphatic carbocycles. The Labute approximate surface area is 102 Å². The Morgan fingerprint density at radius 1 is 1.47 bits per heavy atom. The van der Waals surface area contributed by atoms with Gasteiger partial charge in [0, 0.05) is 24.6 Å². The number of rotatable bonds is 6. The van der Waals surface area contributed by atoms with Crippen LogP contribution in [0.4, 0.5) is 0 Å². The molecular weight excluding hydrogens is 216 g/mol. The molecule has 1 aromatic carbocycles. The molecule has 94 valence electrons. The van der Waals surface area contributed by atoms with Crippen LogP contribution in [0.5, 0.6) is 5.75 Å². The fraction of sp³-hybridized carbons (Fsp3) is 0.462. The second-order valence-corrected chi connectivity index (χ2v) is 3.90. The summed E-state index contributed by atoms with van der Waals surface area (Å²) in [7, 11) is 0. The first-order valence-electron chi connectivity index (χ1n) is 5.87. The number of hydrogen-bond acceptors (Lipinski definition) is 3. The van der Waals surface area contributed by atoms with E-state index in [0.29, 0.717) is 19.7 Å². The molecule has 17 heavy (non-hydrogen) atoms. The van der Waals surface area contributed by atoms with Crippen LogP contribution in [-0.4, -0.2) is 19.1 Å². The molecule has 4 heteroatoms. The quantitative estimate of drug-likeness (QED) is 0.782. The minimum atomic E-state index is -0.158. The fourth-order valence-electron chi connectivity index (χ4n) is 1.41. The summed E-state index contributed by atoms with van der Waals surface area (Å²) in [5, 5.41) is 2.85. The van der Waals surface area contributed by atoms with Crippen LogP contribution in [0.1, 0.15) is 19.4 Å². The molecule has 1 aromatic rings. The molecule has 1 amide bonds. The Morgan fingerprint density at radius 2 is 2.18 bits per heavy atom. The van der Waals surface area contributed by atoms with Crippen molar-refractivity contribution in [3.63, 3.8) is 0 Å². The lowest BCUT2D eigenvalue weighted by atomic mass is 10.1. The summed E-state index contributed by atoms with van der Waals surface area (Å²) in [6.45, 7) is 5.19. The van der Waals surface area contributed by atoms with E-state index in [-0.39, 0.29) is 11.8 Å². The predicted molar refractivity (Wildman–Crippen MR) is 67.7 cm³/mol. The molecule has 1 rings (SSSR count). The minimum absolute atomic E-state index is 0.0289. The lowest BCUT2D eigenvalue weighted by molar-refractivity contribution is -0.124. The van der Waals surface area contributed by atoms with Crippen molar-refractivity contribution in [2.75, 3.05) is 13.2 Å². The van der Waals surface area contributed by atoms with E-state index in [1.807, 2.05) is 38.1 Å². The maximum absolute atomic E-state index is 11.6. The molecule has 0 fully saturated rings. The number of nitrogens with one attached hydrogen (secondary N) is 1. The molecule has 0 heterocycles. The van der Waals surface area contributed by atoms with Gasteiger partial charge < -0.3 is 15.8 Å². The second kappa shape index (κ2) is 6.91. The van der Waals surface area contributed by atoms with Gasteiger partial charge in [0.05, 0.1) is 6.61 Å². The average molecular weight is 236 g/mol. The van der Waals surface area contributed by atoms with Gasteiger partial charge in [-0.15, -0.1) is 0 Å². The van der Waals surface area contributed by atoms with Crippen molar-refractivity contribution in [2.45, 2.75) is 20.4 Å². The Hall–Kier alpha value is -1.55. The zero-order chi connectivity index (χ0) is 12.7. The number of carbonyl (C=O) groups excluding carboxylic acids is 1. The SMILES string of the molecule is CCOc1ccccc1CNC(=O)C(C)CN. The van der Waals surface area contributed by atoms with Crippen molar-refractivity contribution < 1.29 is 9.53 Å². The highest BCUT2D eigenvalue weighted by Crippen LogP contribution is 2.17. The number of carbonyl (C=O) groups is 1. The Balaban J connectivity index is 2.59. The Kier molecular flexibility index (Phi) is 5.49. The van der Waals surface area contributed by atoms with Crippen molar-refractivity contribution in [3.8, 4) is 5.75 Å². The second-order valence-electron chi connectivity index (χ2n) is 3.90. The van der Waals surface area contributed by atoms with E-state index in [9.17, 15) is 4.79 Å². The highest BCUT2D eigenvalue weighted by Gasteiger charge is 2.11. The molecule has 0 spiro atoms. The maximum Gasteiger partial charge on any atom is 0.224 e. The maximum atomic E-state index is 11.6. The van der Waals surface area contributed by atoms with Crippen LogP contribution in [-0.2, 0) is 11.3 Å². The first-order chi connectivity index (χ1) is 8.19. The topological polar surface area (TPSA) is 64.3 Å². The van der Waals surface area contributed by atoms with E-state index in [1.165, 1.54) is 0 Å². The fourth-order valence-corrected chi connectivity index (χ4v) is 1.41. The molecule has 1 unspecified atom stereocenters. The van der Waals surface area contributed by atoms with Gasteiger partial charge in [-0.1, -0.05) is 25.1 Å². The molecule has 0 bridgehead atoms. The van der Waals surface area contributed by atoms with E-state index < -0.39 is 0 Å². The predicted octanol–water partition coefficient (Wildman–Crippen LogP) is 1.30. The third-order valence-corrected chi connectivity index (χ3v) is 2.53. The summed E-state index contributed by atoms with van der Waals surface area (Å²) in [4.78, 5) is 11.6. The van der Waals surface area contributed by atoms with Gasteiger partial charge in [0.25, 0.3) is 0 Å². The monoisotopic (exact) mass is 236 g/mol. The lowest BCUT2D eigenvalue weighted by Gasteiger charge is -2.13. The zero-order valence-electron chi connectivity index (χ0n) is 10.4. The van der Waals surface area contributed by atoms with Crippen LogP contribution in [0.3, 0.4) is 0 Å². The van der Waals surface area contributed by atoms with Crippen molar-refractivity contribution >= 4 is 5.91 Å². The largest absolute Gasteiger partial charge is 0.494 e. The summed E-state index contributed by atoms with van der Waals surface area (Å²) in [6, 6.07) is 7.69. The average Bonchev–Trinajstić information content (AvgIpc) is 2.36. The number of amides is 1. The molecular formula is C13H20N2O2. The molecule has 0 saturated carbocycles. The van der Waals surface area contributed by atoms with Crippen LogP contribution in [0.15, 0.2) is 24.3 Å². The summed E-state index contributed by atoms with van der Waals surface area (Å²) in [5.74, 6) is 0.628. The van der Waals surface area contributed by atoms with Gasteiger partial charge in [-0.25, -0.2) is 0 Å². The van der Waals surface area contributed by atoms with Crippen LogP contribution in [0.2, 0.25) is 0 Å². The van der Waals surface area contributed by atoms with E-state index in [2.05, 4.69) is 5.32 Å². The third kappa shape index (κ3) is 4.07. The number of benzene rings is 1. The Bertz CT molecular complexity index is 366. The van der Waals surface area contributed by atoms with Gasteiger partial charge in [-0.2, -0.15) is 0 Å². The smallest absolute Gasteiger partial charge is 0.224 e. The Morgan fingerprint density at radius 3 is 2.82 bits per heavy atom. The van der Waals surface area contributed by atoms with Crippen molar-refractivity contribution in [3.05, 3.63) is 29.8 Å². The lowest BCUT2D eigenvalue weighted by Crippen LogP contribution is -2.32. The van der Waals surface area contributed by atoms with Gasteiger partial charge >= 0.3 is 0 Å². The minimum Gasteiger partial charge on any atom is -0.494 e. The van der Waals surface area contributed by atoms with E-state index in [1.54, 1.807) is 0 Å². The summed E-state index contributed by atoms with van der Waals surface area (Å²) >= 11 is 0. The van der Waals surface area contributed by atoms with Gasteiger partial charge in [0.1, 0.15) is 5.75 Å². The highest BCUT2D eigenvalue weighted by molar-refractivity contribution is 5.78. The number of nitrogens with two attached hydrogens (primary N) is 1. The molecule has 0 radical (unpaired) electrons. The number of ether oxygens (including phenoxy) is 1. The van der Waals surface area contributed by atoms with E-state index >= 15 is 0 Å². The number of para-hydroxylation sites is 1. The first-order valence-corrected chi connectivity index (χ1v) is 5.87. The van der Waals surface area contributed by atoms with Gasteiger partial charge in [0.15, 0.2) is 0 Å². The summed E-state index contributed by atoms with van der Waals surface area (Å²) in [6.07, 6.45) is 0. The standard InChI is InChI=1S/C13H20N2O2/c1-3-17-12-7-5-4-6-11(12)9-15-13(16)10(2)8-14/h4-7,10H,3,8-9,14H2,1-2H3,(H,15,16). The molecule has 0 aromatic heterocycles. The molecule has 1 atom stereocenters. The number of hydrogen-bond donors (Lipinski definition) is 2. The van der Waals surface area contributed by atoms with Gasteiger partial charge in [-0.3, -0.25) is 4.79 Å². The van der Waals surface area contributed by atoms with E-state index in [0.717, 1.165) is 11.3 Å². The van der Waals surface area contributed by atoms with Crippen molar-refractivity contribution in [1.82, 2.24) is 5.32 Å². The van der Waals surface area contributed by atoms with Gasteiger partial charge in [-0.05, 0) is 13.0 Å². The first kappa shape index (κ1) is 13.5. The van der Waals surface area contributed by atoms with Crippen molar-refractivity contribution in [2.24, 2.45) is 11.7 Å². The van der Waals surface area contributed by atoms with E-state index in [4.69, 9.17) is 10.5 Å². The summed E-state index contributed by atoms with van der Waals surface area (Å²) in [5.41, 5.74) is 6.41. The third-order valence-electron chi connectivity index (χ3n) is 2.53. The molecule has 0 aliphatic heterocycles. The highest BCUT2D eigenvalue weighted by atomic mass is 16.5. The molecule has 0 aliphatic rings. The molecule has 4 nitrogen and oxygen atoms in total. The van der Waals surface area contributed by atoms with Crippen LogP contribution < -0.4 is 15.8 Å². The summed E-state index contributed by atoms with van der Waals surface area (Å²) < 4.78 is 5.48.